The Balaban J connectivity index is 2.02. The van der Waals surface area contributed by atoms with Gasteiger partial charge in [-0.25, -0.2) is 0 Å². The fourth-order valence-corrected chi connectivity index (χ4v) is 3.26. The molecule has 0 radical (unpaired) electrons. The summed E-state index contributed by atoms with van der Waals surface area (Å²) >= 11 is 0. The van der Waals surface area contributed by atoms with Crippen LogP contribution in [0.15, 0.2) is 65.8 Å². The molecule has 1 aromatic heterocycles. The summed E-state index contributed by atoms with van der Waals surface area (Å²) in [6.07, 6.45) is 2.85. The van der Waals surface area contributed by atoms with Crippen LogP contribution in [0, 0.1) is 0 Å². The molecule has 0 saturated carbocycles. The molecule has 3 aromatic rings. The highest BCUT2D eigenvalue weighted by molar-refractivity contribution is 6.19. The molecule has 0 fully saturated rings. The Kier molecular flexibility index (Phi) is 2.86. The summed E-state index contributed by atoms with van der Waals surface area (Å²) in [7, 11) is 0. The summed E-state index contributed by atoms with van der Waals surface area (Å²) in [6.45, 7) is 4.38. The van der Waals surface area contributed by atoms with Crippen LogP contribution in [-0.4, -0.2) is 16.2 Å². The summed E-state index contributed by atoms with van der Waals surface area (Å²) < 4.78 is 0. The Morgan fingerprint density at radius 2 is 1.68 bits per heavy atom. The predicted molar refractivity (Wildman–Crippen MR) is 91.6 cm³/mol. The molecule has 1 aliphatic heterocycles. The number of aliphatic imine (C=N–C) groups is 1. The molecule has 4 rings (SSSR count). The number of fused-ring (bicyclic) bond motifs is 2. The SMILES string of the molecule is CC1(C)Cc2ccccc2C(c2nccc3ccccc23)=N1. The van der Waals surface area contributed by atoms with Gasteiger partial charge in [0, 0.05) is 17.1 Å². The summed E-state index contributed by atoms with van der Waals surface area (Å²) in [5, 5.41) is 2.37. The van der Waals surface area contributed by atoms with E-state index in [1.165, 1.54) is 16.5 Å². The highest BCUT2D eigenvalue weighted by Crippen LogP contribution is 2.30. The number of hydrogen-bond donors (Lipinski definition) is 0. The van der Waals surface area contributed by atoms with E-state index in [1.807, 2.05) is 6.20 Å². The van der Waals surface area contributed by atoms with Gasteiger partial charge in [-0.3, -0.25) is 9.98 Å². The zero-order chi connectivity index (χ0) is 15.2. The van der Waals surface area contributed by atoms with E-state index >= 15 is 0 Å². The Labute approximate surface area is 130 Å². The van der Waals surface area contributed by atoms with Crippen LogP contribution in [0.4, 0.5) is 0 Å². The Hall–Kier alpha value is -2.48. The molecule has 0 unspecified atom stereocenters. The van der Waals surface area contributed by atoms with Crippen LogP contribution in [0.3, 0.4) is 0 Å². The second-order valence-electron chi connectivity index (χ2n) is 6.49. The van der Waals surface area contributed by atoms with Crippen LogP contribution < -0.4 is 0 Å². The van der Waals surface area contributed by atoms with Crippen LogP contribution in [0.5, 0.6) is 0 Å². The van der Waals surface area contributed by atoms with Crippen molar-refractivity contribution in [3.63, 3.8) is 0 Å². The lowest BCUT2D eigenvalue weighted by Gasteiger charge is -2.29. The normalized spacial score (nSPS) is 16.2. The fourth-order valence-electron chi connectivity index (χ4n) is 3.26. The van der Waals surface area contributed by atoms with Crippen molar-refractivity contribution in [1.29, 1.82) is 0 Å². The summed E-state index contributed by atoms with van der Waals surface area (Å²) in [5.41, 5.74) is 4.47. The first-order chi connectivity index (χ1) is 10.6. The lowest BCUT2D eigenvalue weighted by atomic mass is 9.85. The zero-order valence-corrected chi connectivity index (χ0v) is 12.9. The number of benzene rings is 2. The van der Waals surface area contributed by atoms with Crippen molar-refractivity contribution >= 4 is 16.5 Å². The summed E-state index contributed by atoms with van der Waals surface area (Å²) in [6, 6.07) is 19.0. The summed E-state index contributed by atoms with van der Waals surface area (Å²) in [5.74, 6) is 0. The van der Waals surface area contributed by atoms with Gasteiger partial charge in [-0.05, 0) is 37.3 Å². The number of nitrogens with zero attached hydrogens (tertiary/aromatic N) is 2. The third kappa shape index (κ3) is 2.12. The van der Waals surface area contributed by atoms with Crippen LogP contribution >= 0.6 is 0 Å². The molecule has 108 valence electrons. The molecule has 2 nitrogen and oxygen atoms in total. The van der Waals surface area contributed by atoms with Gasteiger partial charge in [0.2, 0.25) is 0 Å². The molecule has 0 saturated heterocycles. The van der Waals surface area contributed by atoms with Gasteiger partial charge < -0.3 is 0 Å². The third-order valence-corrected chi connectivity index (χ3v) is 4.21. The first kappa shape index (κ1) is 13.2. The molecule has 2 heterocycles. The van der Waals surface area contributed by atoms with Crippen LogP contribution in [0.2, 0.25) is 0 Å². The zero-order valence-electron chi connectivity index (χ0n) is 12.9. The van der Waals surface area contributed by atoms with Crippen molar-refractivity contribution in [1.82, 2.24) is 4.98 Å². The maximum Gasteiger partial charge on any atom is 0.0966 e. The van der Waals surface area contributed by atoms with Crippen LogP contribution in [0.1, 0.15) is 30.7 Å². The molecule has 2 heteroatoms. The molecule has 0 amide bonds. The second kappa shape index (κ2) is 4.77. The monoisotopic (exact) mass is 286 g/mol. The van der Waals surface area contributed by atoms with E-state index in [-0.39, 0.29) is 5.54 Å². The standard InChI is InChI=1S/C20H18N2/c1-20(2)13-15-8-4-6-10-17(15)19(22-20)18-16-9-5-3-7-14(16)11-12-21-18/h3-12H,13H2,1-2H3. The molecule has 0 bridgehead atoms. The summed E-state index contributed by atoms with van der Waals surface area (Å²) in [4.78, 5) is 9.69. The Morgan fingerprint density at radius 3 is 2.59 bits per heavy atom. The number of hydrogen-bond acceptors (Lipinski definition) is 2. The fraction of sp³-hybridized carbons (Fsp3) is 0.200. The topological polar surface area (TPSA) is 25.2 Å². The van der Waals surface area contributed by atoms with E-state index in [0.717, 1.165) is 23.2 Å². The quantitative estimate of drug-likeness (QED) is 0.650. The van der Waals surface area contributed by atoms with E-state index in [9.17, 15) is 0 Å². The maximum absolute atomic E-state index is 5.03. The minimum atomic E-state index is -0.0949. The largest absolute Gasteiger partial charge is 0.276 e. The van der Waals surface area contributed by atoms with Gasteiger partial charge in [0.1, 0.15) is 0 Å². The van der Waals surface area contributed by atoms with E-state index < -0.39 is 0 Å². The smallest absolute Gasteiger partial charge is 0.0966 e. The molecule has 0 atom stereocenters. The second-order valence-corrected chi connectivity index (χ2v) is 6.49. The molecule has 2 aromatic carbocycles. The van der Waals surface area contributed by atoms with Crippen molar-refractivity contribution in [2.45, 2.75) is 25.8 Å². The molecular weight excluding hydrogens is 268 g/mol. The van der Waals surface area contributed by atoms with Gasteiger partial charge in [0.05, 0.1) is 16.9 Å². The first-order valence-corrected chi connectivity index (χ1v) is 7.66. The first-order valence-electron chi connectivity index (χ1n) is 7.66. The van der Waals surface area contributed by atoms with Crippen molar-refractivity contribution in [3.05, 3.63) is 77.6 Å². The third-order valence-electron chi connectivity index (χ3n) is 4.21. The van der Waals surface area contributed by atoms with Gasteiger partial charge in [0.15, 0.2) is 0 Å². The highest BCUT2D eigenvalue weighted by Gasteiger charge is 2.28. The van der Waals surface area contributed by atoms with Crippen molar-refractivity contribution in [2.75, 3.05) is 0 Å². The van der Waals surface area contributed by atoms with Gasteiger partial charge in [-0.1, -0.05) is 48.5 Å². The molecule has 0 spiro atoms. The van der Waals surface area contributed by atoms with E-state index in [4.69, 9.17) is 4.99 Å². The van der Waals surface area contributed by atoms with Gasteiger partial charge in [0.25, 0.3) is 0 Å². The highest BCUT2D eigenvalue weighted by atomic mass is 14.9. The molecule has 22 heavy (non-hydrogen) atoms. The lowest BCUT2D eigenvalue weighted by molar-refractivity contribution is 0.513. The Bertz CT molecular complexity index is 886. The van der Waals surface area contributed by atoms with Crippen LogP contribution in [-0.2, 0) is 6.42 Å². The lowest BCUT2D eigenvalue weighted by Crippen LogP contribution is -2.29. The Morgan fingerprint density at radius 1 is 0.909 bits per heavy atom. The van der Waals surface area contributed by atoms with Crippen LogP contribution in [0.25, 0.3) is 10.8 Å². The van der Waals surface area contributed by atoms with E-state index in [1.54, 1.807) is 0 Å². The van der Waals surface area contributed by atoms with Gasteiger partial charge in [-0.2, -0.15) is 0 Å². The minimum Gasteiger partial charge on any atom is -0.276 e. The van der Waals surface area contributed by atoms with E-state index in [0.29, 0.717) is 0 Å². The number of aromatic nitrogens is 1. The minimum absolute atomic E-state index is 0.0949. The van der Waals surface area contributed by atoms with Crippen molar-refractivity contribution < 1.29 is 0 Å². The van der Waals surface area contributed by atoms with Crippen molar-refractivity contribution in [3.8, 4) is 0 Å². The molecule has 0 aliphatic carbocycles. The molecule has 1 aliphatic rings. The predicted octanol–water partition coefficient (Wildman–Crippen LogP) is 4.41. The average molecular weight is 286 g/mol. The molecular formula is C20H18N2. The maximum atomic E-state index is 5.03. The van der Waals surface area contributed by atoms with Gasteiger partial charge >= 0.3 is 0 Å². The average Bonchev–Trinajstić information content (AvgIpc) is 2.53. The van der Waals surface area contributed by atoms with Crippen molar-refractivity contribution in [2.24, 2.45) is 4.99 Å². The van der Waals surface area contributed by atoms with Gasteiger partial charge in [-0.15, -0.1) is 0 Å². The number of pyridine rings is 1. The van der Waals surface area contributed by atoms with E-state index in [2.05, 4.69) is 73.4 Å². The number of rotatable bonds is 1. The molecule has 0 N–H and O–H groups in total.